The average Bonchev–Trinajstić information content (AvgIpc) is 3.26. The van der Waals surface area contributed by atoms with E-state index in [0.717, 1.165) is 70.6 Å². The lowest BCUT2D eigenvalue weighted by Gasteiger charge is -2.24. The number of carbonyl (C=O) groups excluding carboxylic acids is 2. The molecule has 3 atom stereocenters. The van der Waals surface area contributed by atoms with E-state index in [0.29, 0.717) is 19.3 Å². The Kier molecular flexibility index (Phi) is 47.6. The van der Waals surface area contributed by atoms with E-state index in [1.807, 2.05) is 6.08 Å². The summed E-state index contributed by atoms with van der Waals surface area (Å²) < 4.78 is 5.87. The molecule has 6 nitrogen and oxygen atoms in total. The van der Waals surface area contributed by atoms with Crippen molar-refractivity contribution >= 4 is 11.9 Å². The third-order valence-electron chi connectivity index (χ3n) is 11.9. The summed E-state index contributed by atoms with van der Waals surface area (Å²) in [5.74, 6) is -0.574. The number of amides is 1. The van der Waals surface area contributed by atoms with Crippen LogP contribution in [0.2, 0.25) is 0 Å². The van der Waals surface area contributed by atoms with Crippen LogP contribution in [0.5, 0.6) is 0 Å². The van der Waals surface area contributed by atoms with Crippen molar-refractivity contribution in [3.8, 4) is 0 Å². The van der Waals surface area contributed by atoms with E-state index in [2.05, 4.69) is 80.8 Å². The highest BCUT2D eigenvalue weighted by atomic mass is 16.5. The maximum Gasteiger partial charge on any atom is 0.306 e. The van der Waals surface area contributed by atoms with E-state index in [9.17, 15) is 19.8 Å². The van der Waals surface area contributed by atoms with Gasteiger partial charge in [0.1, 0.15) is 6.10 Å². The third-order valence-corrected chi connectivity index (χ3v) is 11.9. The molecule has 0 bridgehead atoms. The van der Waals surface area contributed by atoms with E-state index >= 15 is 0 Å². The number of aliphatic hydroxyl groups is 2. The van der Waals surface area contributed by atoms with Crippen LogP contribution in [0.25, 0.3) is 0 Å². The zero-order chi connectivity index (χ0) is 45.2. The lowest BCUT2D eigenvalue weighted by atomic mass is 10.0. The van der Waals surface area contributed by atoms with Crippen LogP contribution in [-0.2, 0) is 14.3 Å². The lowest BCUT2D eigenvalue weighted by molar-refractivity contribution is -0.150. The second kappa shape index (κ2) is 49.6. The van der Waals surface area contributed by atoms with Crippen molar-refractivity contribution in [3.05, 3.63) is 60.8 Å². The van der Waals surface area contributed by atoms with Gasteiger partial charge in [0, 0.05) is 12.8 Å². The van der Waals surface area contributed by atoms with E-state index in [4.69, 9.17) is 4.74 Å². The van der Waals surface area contributed by atoms with Crippen molar-refractivity contribution in [2.45, 2.75) is 277 Å². The summed E-state index contributed by atoms with van der Waals surface area (Å²) >= 11 is 0. The van der Waals surface area contributed by atoms with Crippen molar-refractivity contribution in [2.75, 3.05) is 6.61 Å². The number of aliphatic hydroxyl groups excluding tert-OH is 2. The van der Waals surface area contributed by atoms with Gasteiger partial charge in [0.2, 0.25) is 5.91 Å². The van der Waals surface area contributed by atoms with E-state index in [1.54, 1.807) is 0 Å². The van der Waals surface area contributed by atoms with Gasteiger partial charge < -0.3 is 20.3 Å². The topological polar surface area (TPSA) is 95.9 Å². The van der Waals surface area contributed by atoms with Crippen molar-refractivity contribution in [1.82, 2.24) is 5.32 Å². The van der Waals surface area contributed by atoms with Crippen LogP contribution in [0, 0.1) is 0 Å². The lowest BCUT2D eigenvalue weighted by Crippen LogP contribution is -2.46. The second-order valence-corrected chi connectivity index (χ2v) is 17.9. The van der Waals surface area contributed by atoms with Gasteiger partial charge in [-0.2, -0.15) is 0 Å². The van der Waals surface area contributed by atoms with Crippen molar-refractivity contribution in [1.29, 1.82) is 0 Å². The van der Waals surface area contributed by atoms with Gasteiger partial charge in [-0.1, -0.05) is 255 Å². The Morgan fingerprint density at radius 3 is 1.23 bits per heavy atom. The quantitative estimate of drug-likeness (QED) is 0.0322. The Labute approximate surface area is 384 Å². The molecule has 0 radical (unpaired) electrons. The van der Waals surface area contributed by atoms with Gasteiger partial charge in [0.25, 0.3) is 0 Å². The Hall–Kier alpha value is -2.44. The molecule has 360 valence electrons. The third kappa shape index (κ3) is 44.2. The highest BCUT2D eigenvalue weighted by Crippen LogP contribution is 2.17. The first-order valence-corrected chi connectivity index (χ1v) is 26.5. The summed E-state index contributed by atoms with van der Waals surface area (Å²) in [5, 5.41) is 23.6. The highest BCUT2D eigenvalue weighted by molar-refractivity contribution is 5.77. The largest absolute Gasteiger partial charge is 0.461 e. The first kappa shape index (κ1) is 59.6. The van der Waals surface area contributed by atoms with Gasteiger partial charge >= 0.3 is 5.97 Å². The molecule has 6 heteroatoms. The Morgan fingerprint density at radius 2 is 0.839 bits per heavy atom. The zero-order valence-corrected chi connectivity index (χ0v) is 41.0. The Morgan fingerprint density at radius 1 is 0.484 bits per heavy atom. The van der Waals surface area contributed by atoms with Gasteiger partial charge in [0.15, 0.2) is 0 Å². The molecule has 0 aliphatic heterocycles. The van der Waals surface area contributed by atoms with Crippen LogP contribution < -0.4 is 5.32 Å². The van der Waals surface area contributed by atoms with E-state index in [-0.39, 0.29) is 24.9 Å². The molecule has 1 amide bonds. The predicted octanol–water partition coefficient (Wildman–Crippen LogP) is 16.0. The highest BCUT2D eigenvalue weighted by Gasteiger charge is 2.23. The summed E-state index contributed by atoms with van der Waals surface area (Å²) in [6.45, 7) is 6.33. The van der Waals surface area contributed by atoms with Gasteiger partial charge in [0.05, 0.1) is 25.2 Å². The van der Waals surface area contributed by atoms with Gasteiger partial charge in [-0.3, -0.25) is 9.59 Å². The number of carbonyl (C=O) groups is 2. The maximum atomic E-state index is 13.2. The van der Waals surface area contributed by atoms with Crippen molar-refractivity contribution in [2.24, 2.45) is 0 Å². The van der Waals surface area contributed by atoms with E-state index < -0.39 is 18.2 Å². The van der Waals surface area contributed by atoms with Gasteiger partial charge in [-0.05, 0) is 44.9 Å². The number of unbranched alkanes of at least 4 members (excludes halogenated alkanes) is 26. The number of rotatable bonds is 47. The zero-order valence-electron chi connectivity index (χ0n) is 41.0. The molecule has 0 aliphatic carbocycles. The fourth-order valence-electron chi connectivity index (χ4n) is 7.87. The normalized spacial score (nSPS) is 13.7. The molecule has 0 aromatic heterocycles. The van der Waals surface area contributed by atoms with Crippen LogP contribution in [-0.4, -0.2) is 46.9 Å². The molecule has 0 rings (SSSR count). The number of hydrogen-bond donors (Lipinski definition) is 3. The standard InChI is InChI=1S/C56H101NO5/c1-4-7-10-13-16-19-21-23-25-26-27-28-30-32-34-37-40-43-46-49-56(61)62-52(47-44-41-38-36-33-31-29-24-22-20-17-14-11-8-5-2)50-55(60)57-53(51-58)54(59)48-45-42-39-35-18-15-12-9-6-3/h8,11,17,20,24,29,33,36,41,44,52-54,58-59H,4-7,9-10,12-16,18-19,21-23,25-28,30-32,34-35,37-40,42-43,45-51H2,1-3H3,(H,57,60)/b11-8-,20-17-,29-24-,36-33-,44-41-. The molecule has 0 aromatic rings. The molecule has 0 fully saturated rings. The van der Waals surface area contributed by atoms with E-state index in [1.165, 1.54) is 141 Å². The molecule has 0 saturated heterocycles. The number of allylic oxidation sites excluding steroid dienone is 9. The summed E-state index contributed by atoms with van der Waals surface area (Å²) in [7, 11) is 0. The summed E-state index contributed by atoms with van der Waals surface area (Å²) in [6, 6.07) is -0.730. The summed E-state index contributed by atoms with van der Waals surface area (Å²) in [4.78, 5) is 26.1. The minimum absolute atomic E-state index is 0.000492. The number of ether oxygens (including phenoxy) is 1. The fraction of sp³-hybridized carbons (Fsp3) is 0.786. The Bertz CT molecular complexity index is 1110. The molecule has 0 aromatic carbocycles. The molecule has 3 unspecified atom stereocenters. The summed E-state index contributed by atoms with van der Waals surface area (Å²) in [6.07, 6.45) is 61.7. The van der Waals surface area contributed by atoms with Crippen molar-refractivity contribution in [3.63, 3.8) is 0 Å². The smallest absolute Gasteiger partial charge is 0.306 e. The minimum Gasteiger partial charge on any atom is -0.461 e. The molecular formula is C56H101NO5. The van der Waals surface area contributed by atoms with Gasteiger partial charge in [-0.25, -0.2) is 0 Å². The van der Waals surface area contributed by atoms with Crippen molar-refractivity contribution < 1.29 is 24.5 Å². The number of nitrogens with one attached hydrogen (secondary N) is 1. The first-order chi connectivity index (χ1) is 30.5. The molecule has 0 heterocycles. The average molecular weight is 868 g/mol. The monoisotopic (exact) mass is 868 g/mol. The maximum absolute atomic E-state index is 13.2. The van der Waals surface area contributed by atoms with Crippen LogP contribution in [0.3, 0.4) is 0 Å². The van der Waals surface area contributed by atoms with Crippen LogP contribution in [0.1, 0.15) is 258 Å². The molecule has 0 saturated carbocycles. The second-order valence-electron chi connectivity index (χ2n) is 17.9. The minimum atomic E-state index is -0.810. The first-order valence-electron chi connectivity index (χ1n) is 26.5. The fourth-order valence-corrected chi connectivity index (χ4v) is 7.87. The predicted molar refractivity (Wildman–Crippen MR) is 268 cm³/mol. The van der Waals surface area contributed by atoms with Crippen LogP contribution in [0.4, 0.5) is 0 Å². The molecule has 0 aliphatic rings. The van der Waals surface area contributed by atoms with Gasteiger partial charge in [-0.15, -0.1) is 0 Å². The summed E-state index contributed by atoms with van der Waals surface area (Å²) in [5.41, 5.74) is 0. The SMILES string of the molecule is CC/C=C\C/C=C\C/C=C\C/C=C\C/C=C\CC(CC(=O)NC(CO)C(O)CCCCCCCCCCC)OC(=O)CCCCCCCCCCCCCCCCCCCCC. The Balaban J connectivity index is 4.61. The number of esters is 1. The molecule has 0 spiro atoms. The van der Waals surface area contributed by atoms with Crippen LogP contribution >= 0.6 is 0 Å². The van der Waals surface area contributed by atoms with Crippen LogP contribution in [0.15, 0.2) is 60.8 Å². The molecule has 62 heavy (non-hydrogen) atoms. The molecular weight excluding hydrogens is 767 g/mol. The number of hydrogen-bond acceptors (Lipinski definition) is 5. The molecule has 3 N–H and O–H groups in total.